The van der Waals surface area contributed by atoms with Gasteiger partial charge in [-0.3, -0.25) is 0 Å². The zero-order chi connectivity index (χ0) is 17.1. The lowest BCUT2D eigenvalue weighted by atomic mass is 9.94. The van der Waals surface area contributed by atoms with Crippen molar-refractivity contribution >= 4 is 10.8 Å². The number of hydrogen-bond acceptors (Lipinski definition) is 3. The maximum Gasteiger partial charge on any atom is 0.203 e. The Kier molecular flexibility index (Phi) is 4.61. The standard InChI is InChI=1S/C21H22O3/c1-14(16-10-9-15-7-5-6-8-17(15)11-16)18-12-19(22-2)21(24-4)20(13-18)23-3/h5-14H,1-4H3/t14-/m1/s1/i1+1. The summed E-state index contributed by atoms with van der Waals surface area (Å²) in [5.41, 5.74) is 2.38. The van der Waals surface area contributed by atoms with Gasteiger partial charge in [0.2, 0.25) is 5.75 Å². The van der Waals surface area contributed by atoms with Crippen molar-refractivity contribution in [3.63, 3.8) is 0 Å². The second-order valence-electron chi connectivity index (χ2n) is 5.79. The van der Waals surface area contributed by atoms with Crippen molar-refractivity contribution in [1.29, 1.82) is 0 Å². The van der Waals surface area contributed by atoms with Crippen LogP contribution in [0.2, 0.25) is 0 Å². The lowest BCUT2D eigenvalue weighted by molar-refractivity contribution is 0.323. The van der Waals surface area contributed by atoms with Gasteiger partial charge in [-0.05, 0) is 34.0 Å². The molecule has 0 unspecified atom stereocenters. The van der Waals surface area contributed by atoms with Crippen LogP contribution in [-0.2, 0) is 0 Å². The molecule has 0 N–H and O–H groups in total. The second kappa shape index (κ2) is 6.83. The highest BCUT2D eigenvalue weighted by Gasteiger charge is 2.17. The van der Waals surface area contributed by atoms with Crippen LogP contribution in [0, 0.1) is 0 Å². The predicted octanol–water partition coefficient (Wildman–Crippen LogP) is 5.02. The van der Waals surface area contributed by atoms with Gasteiger partial charge in [-0.1, -0.05) is 49.4 Å². The van der Waals surface area contributed by atoms with Crippen molar-refractivity contribution in [3.05, 3.63) is 65.7 Å². The van der Waals surface area contributed by atoms with Crippen LogP contribution < -0.4 is 14.2 Å². The first-order valence-electron chi connectivity index (χ1n) is 7.96. The van der Waals surface area contributed by atoms with Gasteiger partial charge in [0.05, 0.1) is 21.3 Å². The number of benzene rings is 3. The molecule has 3 aromatic carbocycles. The van der Waals surface area contributed by atoms with Gasteiger partial charge < -0.3 is 14.2 Å². The average Bonchev–Trinajstić information content (AvgIpc) is 2.65. The molecule has 0 aromatic heterocycles. The van der Waals surface area contributed by atoms with Gasteiger partial charge in [0, 0.05) is 5.92 Å². The molecule has 3 nitrogen and oxygen atoms in total. The van der Waals surface area contributed by atoms with E-state index in [2.05, 4.69) is 49.4 Å². The van der Waals surface area contributed by atoms with Crippen LogP contribution in [0.25, 0.3) is 10.8 Å². The molecular formula is C21H22O3. The zero-order valence-corrected chi connectivity index (χ0v) is 14.5. The van der Waals surface area contributed by atoms with E-state index in [0.717, 1.165) is 5.56 Å². The summed E-state index contributed by atoms with van der Waals surface area (Å²) in [6.45, 7) is 2.19. The number of hydrogen-bond donors (Lipinski definition) is 0. The molecule has 0 aliphatic rings. The largest absolute Gasteiger partial charge is 0.493 e. The monoisotopic (exact) mass is 323 g/mol. The Morgan fingerprint density at radius 3 is 1.88 bits per heavy atom. The average molecular weight is 323 g/mol. The molecule has 124 valence electrons. The zero-order valence-electron chi connectivity index (χ0n) is 14.5. The Bertz CT molecular complexity index is 830. The molecule has 3 heteroatoms. The third-order valence-electron chi connectivity index (χ3n) is 4.46. The van der Waals surface area contributed by atoms with Crippen LogP contribution in [0.3, 0.4) is 0 Å². The van der Waals surface area contributed by atoms with Gasteiger partial charge in [-0.25, -0.2) is 0 Å². The smallest absolute Gasteiger partial charge is 0.203 e. The van der Waals surface area contributed by atoms with E-state index in [-0.39, 0.29) is 5.92 Å². The molecule has 0 fully saturated rings. The van der Waals surface area contributed by atoms with Gasteiger partial charge >= 0.3 is 0 Å². The van der Waals surface area contributed by atoms with Crippen molar-refractivity contribution in [1.82, 2.24) is 0 Å². The molecule has 24 heavy (non-hydrogen) atoms. The summed E-state index contributed by atoms with van der Waals surface area (Å²) in [7, 11) is 4.90. The Morgan fingerprint density at radius 1 is 0.667 bits per heavy atom. The Hall–Kier alpha value is -2.68. The molecule has 0 amide bonds. The predicted molar refractivity (Wildman–Crippen MR) is 97.6 cm³/mol. The van der Waals surface area contributed by atoms with Crippen LogP contribution in [0.1, 0.15) is 24.0 Å². The van der Waals surface area contributed by atoms with Crippen molar-refractivity contribution < 1.29 is 14.2 Å². The van der Waals surface area contributed by atoms with Crippen molar-refractivity contribution in [3.8, 4) is 17.2 Å². The minimum Gasteiger partial charge on any atom is -0.493 e. The van der Waals surface area contributed by atoms with Gasteiger partial charge in [0.1, 0.15) is 0 Å². The fourth-order valence-corrected chi connectivity index (χ4v) is 3.02. The minimum atomic E-state index is 0.211. The van der Waals surface area contributed by atoms with Gasteiger partial charge in [0.25, 0.3) is 0 Å². The Labute approximate surface area is 142 Å². The number of ether oxygens (including phenoxy) is 3. The fraction of sp³-hybridized carbons (Fsp3) is 0.238. The first-order chi connectivity index (χ1) is 11.7. The summed E-state index contributed by atoms with van der Waals surface area (Å²) in [4.78, 5) is 0. The van der Waals surface area contributed by atoms with Crippen LogP contribution in [0.4, 0.5) is 0 Å². The van der Waals surface area contributed by atoms with Gasteiger partial charge in [0.15, 0.2) is 11.5 Å². The van der Waals surface area contributed by atoms with Crippen LogP contribution >= 0.6 is 0 Å². The molecule has 0 saturated heterocycles. The van der Waals surface area contributed by atoms with Crippen LogP contribution in [-0.4, -0.2) is 21.3 Å². The van der Waals surface area contributed by atoms with Crippen molar-refractivity contribution in [2.24, 2.45) is 0 Å². The van der Waals surface area contributed by atoms with E-state index in [9.17, 15) is 0 Å². The SMILES string of the molecule is COc1cc([C@H]([13CH3])c2ccc3ccccc3c2)cc(OC)c1OC. The highest BCUT2D eigenvalue weighted by molar-refractivity contribution is 5.83. The molecule has 0 spiro atoms. The molecule has 0 heterocycles. The Morgan fingerprint density at radius 2 is 1.29 bits per heavy atom. The molecule has 0 aliphatic carbocycles. The highest BCUT2D eigenvalue weighted by Crippen LogP contribution is 2.41. The maximum atomic E-state index is 5.47. The summed E-state index contributed by atoms with van der Waals surface area (Å²) in [6, 6.07) is 19.0. The van der Waals surface area contributed by atoms with E-state index >= 15 is 0 Å². The molecule has 0 bridgehead atoms. The summed E-state index contributed by atoms with van der Waals surface area (Å²) < 4.78 is 16.3. The molecule has 0 saturated carbocycles. The molecule has 1 atom stereocenters. The van der Waals surface area contributed by atoms with E-state index in [4.69, 9.17) is 14.2 Å². The second-order valence-corrected chi connectivity index (χ2v) is 5.79. The molecule has 0 radical (unpaired) electrons. The lowest BCUT2D eigenvalue weighted by Crippen LogP contribution is -2.01. The summed E-state index contributed by atoms with van der Waals surface area (Å²) in [6.07, 6.45) is 0. The quantitative estimate of drug-likeness (QED) is 0.617. The third kappa shape index (κ3) is 2.90. The Balaban J connectivity index is 2.06. The summed E-state index contributed by atoms with van der Waals surface area (Å²) in [5.74, 6) is 2.19. The van der Waals surface area contributed by atoms with Crippen molar-refractivity contribution in [2.45, 2.75) is 12.8 Å². The molecule has 3 aromatic rings. The first-order valence-corrected chi connectivity index (χ1v) is 7.96. The van der Waals surface area contributed by atoms with E-state index in [1.54, 1.807) is 21.3 Å². The summed E-state index contributed by atoms with van der Waals surface area (Å²) >= 11 is 0. The number of rotatable bonds is 5. The molecular weight excluding hydrogens is 301 g/mol. The van der Waals surface area contributed by atoms with Crippen LogP contribution in [0.15, 0.2) is 54.6 Å². The van der Waals surface area contributed by atoms with Crippen LogP contribution in [0.5, 0.6) is 17.2 Å². The van der Waals surface area contributed by atoms with E-state index < -0.39 is 0 Å². The normalized spacial score (nSPS) is 12.0. The van der Waals surface area contributed by atoms with E-state index in [0.29, 0.717) is 17.2 Å². The van der Waals surface area contributed by atoms with Gasteiger partial charge in [-0.15, -0.1) is 0 Å². The van der Waals surface area contributed by atoms with E-state index in [1.807, 2.05) is 12.1 Å². The molecule has 0 aliphatic heterocycles. The van der Waals surface area contributed by atoms with Crippen molar-refractivity contribution in [2.75, 3.05) is 21.3 Å². The minimum absolute atomic E-state index is 0.211. The van der Waals surface area contributed by atoms with Gasteiger partial charge in [-0.2, -0.15) is 0 Å². The van der Waals surface area contributed by atoms with E-state index in [1.165, 1.54) is 16.3 Å². The summed E-state index contributed by atoms with van der Waals surface area (Å²) in [5, 5.41) is 2.49. The number of fused-ring (bicyclic) bond motifs is 1. The fourth-order valence-electron chi connectivity index (χ4n) is 3.02. The molecule has 3 rings (SSSR count). The lowest BCUT2D eigenvalue weighted by Gasteiger charge is -2.18. The first kappa shape index (κ1) is 16.2. The highest BCUT2D eigenvalue weighted by atomic mass is 16.5. The third-order valence-corrected chi connectivity index (χ3v) is 4.46. The number of methoxy groups -OCH3 is 3. The topological polar surface area (TPSA) is 27.7 Å². The maximum absolute atomic E-state index is 5.47.